The minimum atomic E-state index is -1.13. The molecule has 4 bridgehead atoms. The molecule has 0 aromatic heterocycles. The SMILES string of the molecule is CC[C@H]1OC(=O)[C@H](C)[C@H]2OC/C(=N\OCCOc3ccccc3)CO[C@](C)(C[C@@H](C)C3=NCCN4C(=O)O[C@@]1(C)[C@H]4[C@H]3C)[C@H](O[C@H]1O[C@@H](C)C[C@@H](N(C)C)[C@@H]1O)[C@H]2C. The van der Waals surface area contributed by atoms with Gasteiger partial charge in [0.05, 0.1) is 55.6 Å². The highest BCUT2D eigenvalue weighted by Gasteiger charge is 2.60. The molecule has 15 nitrogen and oxygen atoms in total. The van der Waals surface area contributed by atoms with Gasteiger partial charge in [0.2, 0.25) is 0 Å². The van der Waals surface area contributed by atoms with Crippen molar-refractivity contribution in [1.29, 1.82) is 0 Å². The van der Waals surface area contributed by atoms with E-state index in [1.807, 2.05) is 83.9 Å². The molecule has 15 heteroatoms. The number of oxime groups is 1. The zero-order valence-electron chi connectivity index (χ0n) is 36.0. The van der Waals surface area contributed by atoms with E-state index < -0.39 is 71.8 Å². The minimum absolute atomic E-state index is 0.000124. The van der Waals surface area contributed by atoms with Crippen LogP contribution in [0.3, 0.4) is 0 Å². The van der Waals surface area contributed by atoms with Crippen molar-refractivity contribution >= 4 is 23.5 Å². The van der Waals surface area contributed by atoms with Gasteiger partial charge in [-0.15, -0.1) is 0 Å². The van der Waals surface area contributed by atoms with Gasteiger partial charge >= 0.3 is 12.1 Å². The van der Waals surface area contributed by atoms with Gasteiger partial charge in [-0.2, -0.15) is 0 Å². The summed E-state index contributed by atoms with van der Waals surface area (Å²) in [6, 6.07) is 8.83. The molecule has 5 aliphatic rings. The van der Waals surface area contributed by atoms with E-state index in [1.165, 1.54) is 0 Å². The van der Waals surface area contributed by atoms with Crippen LogP contribution >= 0.6 is 0 Å². The van der Waals surface area contributed by atoms with Gasteiger partial charge in [0, 0.05) is 30.1 Å². The quantitative estimate of drug-likeness (QED) is 0.208. The number of rotatable bonds is 9. The lowest BCUT2D eigenvalue weighted by Crippen LogP contribution is -2.60. The summed E-state index contributed by atoms with van der Waals surface area (Å²) in [5.41, 5.74) is -0.823. The highest BCUT2D eigenvalue weighted by atomic mass is 16.7. The molecule has 6 rings (SSSR count). The van der Waals surface area contributed by atoms with Crippen molar-refractivity contribution in [3.05, 3.63) is 30.3 Å². The van der Waals surface area contributed by atoms with E-state index in [0.717, 1.165) is 11.5 Å². The number of hydrogen-bond acceptors (Lipinski definition) is 14. The normalized spacial score (nSPS) is 40.7. The second kappa shape index (κ2) is 18.5. The summed E-state index contributed by atoms with van der Waals surface area (Å²) in [5, 5.41) is 16.2. The van der Waals surface area contributed by atoms with Crippen molar-refractivity contribution in [3.8, 4) is 5.75 Å². The standard InChI is InChI=1S/C43H66N4O11/c1-11-33-43(8)37-27(4)34(44-17-18-47(37)41(50)58-43)25(2)22-42(7)38(57-40-35(48)32(46(9)10)21-26(3)55-40)28(5)36(29(6)39(49)56-33)52-23-30(24-53-42)45-54-20-19-51-31-15-13-12-14-16-31/h12-16,25-29,32-33,35-38,40,48H,11,17-24H2,1-10H3/b45-30+/t25-,26+,27+,28+,29-,32-,33-,35+,36+,37-,38-,40-,42-,43-/m1/s1. The topological polar surface area (TPSA) is 159 Å². The van der Waals surface area contributed by atoms with Crippen molar-refractivity contribution < 1.29 is 52.7 Å². The molecule has 0 spiro atoms. The number of aliphatic hydroxyl groups is 1. The summed E-state index contributed by atoms with van der Waals surface area (Å²) in [7, 11) is 3.87. The number of nitrogens with zero attached hydrogens (tertiary/aromatic N) is 4. The van der Waals surface area contributed by atoms with E-state index in [-0.39, 0.29) is 50.4 Å². The summed E-state index contributed by atoms with van der Waals surface area (Å²) >= 11 is 0. The molecule has 1 aromatic rings. The molecular weight excluding hydrogens is 748 g/mol. The number of para-hydroxylation sites is 1. The van der Waals surface area contributed by atoms with Gasteiger partial charge in [-0.3, -0.25) is 14.7 Å². The Bertz CT molecular complexity index is 1630. The molecule has 14 atom stereocenters. The lowest BCUT2D eigenvalue weighted by molar-refractivity contribution is -0.302. The number of aliphatic hydroxyl groups excluding tert-OH is 1. The maximum Gasteiger partial charge on any atom is 0.410 e. The van der Waals surface area contributed by atoms with Crippen LogP contribution in [0.1, 0.15) is 74.7 Å². The van der Waals surface area contributed by atoms with Crippen molar-refractivity contribution in [3.63, 3.8) is 0 Å². The average molecular weight is 815 g/mol. The zero-order chi connectivity index (χ0) is 41.9. The molecule has 324 valence electrons. The monoisotopic (exact) mass is 814 g/mol. The lowest BCUT2D eigenvalue weighted by atomic mass is 9.72. The first-order valence-electron chi connectivity index (χ1n) is 21.1. The van der Waals surface area contributed by atoms with Crippen LogP contribution in [0.25, 0.3) is 0 Å². The van der Waals surface area contributed by atoms with Gasteiger partial charge in [-0.05, 0) is 79.1 Å². The number of carbonyl (C=O) groups excluding carboxylic acids is 2. The average Bonchev–Trinajstić information content (AvgIpc) is 3.33. The zero-order valence-corrected chi connectivity index (χ0v) is 36.0. The number of fused-ring (bicyclic) bond motifs is 4. The molecule has 1 N–H and O–H groups in total. The highest BCUT2D eigenvalue weighted by Crippen LogP contribution is 2.45. The highest BCUT2D eigenvalue weighted by molar-refractivity contribution is 5.91. The van der Waals surface area contributed by atoms with Gasteiger partial charge in [0.25, 0.3) is 0 Å². The van der Waals surface area contributed by atoms with Crippen LogP contribution < -0.4 is 4.74 Å². The van der Waals surface area contributed by atoms with E-state index in [1.54, 1.807) is 11.8 Å². The molecular formula is C43H66N4O11. The van der Waals surface area contributed by atoms with Gasteiger partial charge in [-0.1, -0.05) is 51.0 Å². The van der Waals surface area contributed by atoms with Gasteiger partial charge in [-0.25, -0.2) is 4.79 Å². The number of ether oxygens (including phenoxy) is 7. The van der Waals surface area contributed by atoms with Crippen LogP contribution in [0, 0.1) is 23.7 Å². The number of esters is 1. The second-order valence-corrected chi connectivity index (χ2v) is 17.5. The van der Waals surface area contributed by atoms with Gasteiger partial charge in [0.1, 0.15) is 30.3 Å². The minimum Gasteiger partial charge on any atom is -0.490 e. The van der Waals surface area contributed by atoms with Crippen LogP contribution in [0.5, 0.6) is 5.75 Å². The van der Waals surface area contributed by atoms with E-state index in [2.05, 4.69) is 19.0 Å². The Balaban J connectivity index is 1.40. The number of aliphatic imine (C=N–C) groups is 1. The summed E-state index contributed by atoms with van der Waals surface area (Å²) in [6.45, 7) is 17.0. The number of cyclic esters (lactones) is 1. The van der Waals surface area contributed by atoms with E-state index in [9.17, 15) is 14.7 Å². The van der Waals surface area contributed by atoms with E-state index >= 15 is 0 Å². The maximum absolute atomic E-state index is 14.5. The summed E-state index contributed by atoms with van der Waals surface area (Å²) in [5.74, 6) is -1.51. The number of benzene rings is 1. The van der Waals surface area contributed by atoms with Crippen LogP contribution in [0.15, 0.2) is 40.5 Å². The third-order valence-electron chi connectivity index (χ3n) is 12.9. The fourth-order valence-corrected chi connectivity index (χ4v) is 10.1. The molecule has 5 aliphatic heterocycles. The maximum atomic E-state index is 14.5. The molecule has 0 aliphatic carbocycles. The van der Waals surface area contributed by atoms with Crippen molar-refractivity contribution in [2.45, 2.75) is 135 Å². The third kappa shape index (κ3) is 9.19. The van der Waals surface area contributed by atoms with Crippen molar-refractivity contribution in [1.82, 2.24) is 9.80 Å². The molecule has 58 heavy (non-hydrogen) atoms. The molecule has 0 unspecified atom stereocenters. The van der Waals surface area contributed by atoms with E-state index in [0.29, 0.717) is 38.1 Å². The molecule has 1 aromatic carbocycles. The summed E-state index contributed by atoms with van der Waals surface area (Å²) in [6.07, 6.45) is -3.41. The Morgan fingerprint density at radius 1 is 1.03 bits per heavy atom. The predicted molar refractivity (Wildman–Crippen MR) is 216 cm³/mol. The van der Waals surface area contributed by atoms with Crippen LogP contribution in [-0.4, -0.2) is 152 Å². The molecule has 4 fully saturated rings. The smallest absolute Gasteiger partial charge is 0.410 e. The van der Waals surface area contributed by atoms with Crippen LogP contribution in [0.2, 0.25) is 0 Å². The number of carbonyl (C=O) groups is 2. The first-order chi connectivity index (χ1) is 27.6. The summed E-state index contributed by atoms with van der Waals surface area (Å²) in [4.78, 5) is 42.6. The van der Waals surface area contributed by atoms with Crippen LogP contribution in [-0.2, 0) is 38.1 Å². The molecule has 1 amide bonds. The third-order valence-corrected chi connectivity index (χ3v) is 12.9. The predicted octanol–water partition coefficient (Wildman–Crippen LogP) is 4.73. The molecule has 0 saturated carbocycles. The largest absolute Gasteiger partial charge is 0.490 e. The Morgan fingerprint density at radius 3 is 2.48 bits per heavy atom. The van der Waals surface area contributed by atoms with Gasteiger partial charge in [0.15, 0.2) is 18.5 Å². The second-order valence-electron chi connectivity index (χ2n) is 17.5. The first-order valence-corrected chi connectivity index (χ1v) is 21.1. The van der Waals surface area contributed by atoms with Crippen LogP contribution in [0.4, 0.5) is 4.79 Å². The fourth-order valence-electron chi connectivity index (χ4n) is 10.1. The Hall–Kier alpha value is -3.34. The molecule has 0 radical (unpaired) electrons. The fraction of sp³-hybridized carbons (Fsp3) is 0.767. The molecule has 4 saturated heterocycles. The number of likely N-dealkylation sites (N-methyl/N-ethyl adjacent to an activating group) is 1. The lowest BCUT2D eigenvalue weighted by Gasteiger charge is -2.48. The molecule has 5 heterocycles. The number of hydrogen-bond donors (Lipinski definition) is 1. The summed E-state index contributed by atoms with van der Waals surface area (Å²) < 4.78 is 45.5. The van der Waals surface area contributed by atoms with E-state index in [4.69, 9.17) is 43.0 Å². The number of amides is 1. The Morgan fingerprint density at radius 2 is 1.78 bits per heavy atom. The first kappa shape index (κ1) is 44.2. The van der Waals surface area contributed by atoms with Crippen molar-refractivity contribution in [2.24, 2.45) is 33.8 Å². The Labute approximate surface area is 343 Å². The van der Waals surface area contributed by atoms with Crippen molar-refractivity contribution in [2.75, 3.05) is 53.6 Å². The van der Waals surface area contributed by atoms with Gasteiger partial charge < -0.3 is 48.0 Å². The Kier molecular flexibility index (Phi) is 14.1.